The van der Waals surface area contributed by atoms with Gasteiger partial charge in [-0.05, 0) is 7.05 Å². The van der Waals surface area contributed by atoms with Crippen molar-refractivity contribution in [1.29, 1.82) is 0 Å². The van der Waals surface area contributed by atoms with Crippen LogP contribution in [0.3, 0.4) is 0 Å². The van der Waals surface area contributed by atoms with Gasteiger partial charge in [-0.3, -0.25) is 4.90 Å². The SMILES string of the molecule is [2H]C1NCCN1C. The molecule has 2 heteroatoms. The summed E-state index contributed by atoms with van der Waals surface area (Å²) in [5, 5.41) is 2.96. The highest BCUT2D eigenvalue weighted by Gasteiger charge is 2.01. The molecule has 0 aromatic rings. The van der Waals surface area contributed by atoms with Crippen molar-refractivity contribution in [3.63, 3.8) is 0 Å². The number of nitrogens with one attached hydrogen (secondary N) is 1. The largest absolute Gasteiger partial charge is 0.303 e. The van der Waals surface area contributed by atoms with Crippen molar-refractivity contribution in [2.24, 2.45) is 0 Å². The Morgan fingerprint density at radius 1 is 2.00 bits per heavy atom. The molecule has 0 aromatic heterocycles. The molecule has 2 nitrogen and oxygen atoms in total. The average Bonchev–Trinajstić information content (AvgIpc) is 1.91. The van der Waals surface area contributed by atoms with Gasteiger partial charge in [0.05, 0.1) is 1.37 Å². The zero-order chi connectivity index (χ0) is 5.28. The number of nitrogens with zero attached hydrogens (tertiary/aromatic N) is 1. The maximum atomic E-state index is 7.15. The van der Waals surface area contributed by atoms with Gasteiger partial charge in [-0.25, -0.2) is 0 Å². The molecule has 0 amide bonds. The van der Waals surface area contributed by atoms with E-state index in [9.17, 15) is 0 Å². The van der Waals surface area contributed by atoms with E-state index in [1.165, 1.54) is 0 Å². The Kier molecular flexibility index (Phi) is 0.787. The molecule has 1 aliphatic rings. The number of hydrogen-bond acceptors (Lipinski definition) is 2. The van der Waals surface area contributed by atoms with Gasteiger partial charge in [0.1, 0.15) is 0 Å². The molecule has 0 bridgehead atoms. The lowest BCUT2D eigenvalue weighted by Gasteiger charge is -1.99. The highest BCUT2D eigenvalue weighted by molar-refractivity contribution is 4.59. The fourth-order valence-corrected chi connectivity index (χ4v) is 0.526. The van der Waals surface area contributed by atoms with Gasteiger partial charge in [0.2, 0.25) is 0 Å². The minimum absolute atomic E-state index is 0.153. The number of likely N-dealkylation sites (N-methyl/N-ethyl adjacent to an activating group) is 1. The second-order valence-corrected chi connectivity index (χ2v) is 1.56. The van der Waals surface area contributed by atoms with Crippen LogP contribution in [0.15, 0.2) is 0 Å². The Hall–Kier alpha value is -0.0800. The van der Waals surface area contributed by atoms with Crippen LogP contribution in [-0.4, -0.2) is 31.7 Å². The Bertz CT molecular complexity index is 58.7. The number of hydrogen-bond donors (Lipinski definition) is 1. The van der Waals surface area contributed by atoms with Crippen molar-refractivity contribution < 1.29 is 1.37 Å². The van der Waals surface area contributed by atoms with Gasteiger partial charge in [-0.15, -0.1) is 0 Å². The van der Waals surface area contributed by atoms with Crippen LogP contribution in [-0.2, 0) is 0 Å². The van der Waals surface area contributed by atoms with Gasteiger partial charge in [-0.1, -0.05) is 0 Å². The Morgan fingerprint density at radius 3 is 3.00 bits per heavy atom. The highest BCUT2D eigenvalue weighted by atomic mass is 15.3. The van der Waals surface area contributed by atoms with E-state index in [4.69, 9.17) is 1.37 Å². The van der Waals surface area contributed by atoms with E-state index in [2.05, 4.69) is 5.32 Å². The second-order valence-electron chi connectivity index (χ2n) is 1.56. The molecule has 0 spiro atoms. The van der Waals surface area contributed by atoms with Crippen LogP contribution >= 0.6 is 0 Å². The fourth-order valence-electron chi connectivity index (χ4n) is 0.526. The van der Waals surface area contributed by atoms with E-state index in [0.29, 0.717) is 0 Å². The van der Waals surface area contributed by atoms with E-state index in [-0.39, 0.29) is 6.64 Å². The van der Waals surface area contributed by atoms with Gasteiger partial charge < -0.3 is 5.32 Å². The van der Waals surface area contributed by atoms with E-state index < -0.39 is 0 Å². The first-order valence-corrected chi connectivity index (χ1v) is 2.16. The van der Waals surface area contributed by atoms with Gasteiger partial charge in [0.15, 0.2) is 0 Å². The van der Waals surface area contributed by atoms with E-state index >= 15 is 0 Å². The van der Waals surface area contributed by atoms with Crippen molar-refractivity contribution in [2.45, 2.75) is 0 Å². The lowest BCUT2D eigenvalue weighted by Crippen LogP contribution is -2.15. The van der Waals surface area contributed by atoms with Crippen LogP contribution < -0.4 is 5.32 Å². The molecule has 0 aliphatic carbocycles. The topological polar surface area (TPSA) is 15.3 Å². The third kappa shape index (κ3) is 0.698. The Morgan fingerprint density at radius 2 is 2.83 bits per heavy atom. The van der Waals surface area contributed by atoms with Crippen LogP contribution in [0.25, 0.3) is 0 Å². The molecular formula is C4H10N2. The van der Waals surface area contributed by atoms with Crippen LogP contribution in [0, 0.1) is 0 Å². The summed E-state index contributed by atoms with van der Waals surface area (Å²) in [6.07, 6.45) is 0. The molecule has 1 rings (SSSR count). The molecule has 1 heterocycles. The van der Waals surface area contributed by atoms with Gasteiger partial charge >= 0.3 is 0 Å². The van der Waals surface area contributed by atoms with Crippen molar-refractivity contribution in [3.05, 3.63) is 0 Å². The third-order valence-corrected chi connectivity index (χ3v) is 0.921. The average molecular weight is 87.1 g/mol. The van der Waals surface area contributed by atoms with Gasteiger partial charge in [-0.2, -0.15) is 0 Å². The second kappa shape index (κ2) is 1.58. The molecule has 1 saturated heterocycles. The van der Waals surface area contributed by atoms with Gasteiger partial charge in [0, 0.05) is 19.7 Å². The van der Waals surface area contributed by atoms with E-state index in [1.54, 1.807) is 0 Å². The first-order valence-electron chi connectivity index (χ1n) is 2.74. The van der Waals surface area contributed by atoms with E-state index in [0.717, 1.165) is 13.1 Å². The van der Waals surface area contributed by atoms with E-state index in [1.807, 2.05) is 11.9 Å². The van der Waals surface area contributed by atoms with Crippen LogP contribution in [0.2, 0.25) is 0 Å². The molecule has 1 atom stereocenters. The molecule has 1 unspecified atom stereocenters. The third-order valence-electron chi connectivity index (χ3n) is 0.921. The molecule has 0 aromatic carbocycles. The summed E-state index contributed by atoms with van der Waals surface area (Å²) in [6, 6.07) is 0. The van der Waals surface area contributed by atoms with Crippen LogP contribution in [0.4, 0.5) is 0 Å². The molecule has 36 valence electrons. The molecule has 0 saturated carbocycles. The normalized spacial score (nSPS) is 40.2. The maximum absolute atomic E-state index is 7.15. The molecule has 1 fully saturated rings. The predicted octanol–water partition coefficient (Wildman–Crippen LogP) is -0.521. The number of rotatable bonds is 0. The minimum Gasteiger partial charge on any atom is -0.303 e. The summed E-state index contributed by atoms with van der Waals surface area (Å²) in [5.74, 6) is 0. The quantitative estimate of drug-likeness (QED) is 0.427. The minimum atomic E-state index is -0.153. The zero-order valence-electron chi connectivity index (χ0n) is 4.94. The summed E-state index contributed by atoms with van der Waals surface area (Å²) in [5.41, 5.74) is 0. The summed E-state index contributed by atoms with van der Waals surface area (Å²) in [4.78, 5) is 1.96. The molecule has 1 N–H and O–H groups in total. The molecule has 0 radical (unpaired) electrons. The lowest BCUT2D eigenvalue weighted by atomic mass is 10.7. The Balaban J connectivity index is 2.33. The van der Waals surface area contributed by atoms with Crippen molar-refractivity contribution >= 4 is 0 Å². The predicted molar refractivity (Wildman–Crippen MR) is 25.5 cm³/mol. The van der Waals surface area contributed by atoms with Crippen molar-refractivity contribution in [3.8, 4) is 0 Å². The van der Waals surface area contributed by atoms with Crippen molar-refractivity contribution in [2.75, 3.05) is 26.8 Å². The zero-order valence-corrected chi connectivity index (χ0v) is 3.94. The van der Waals surface area contributed by atoms with Crippen LogP contribution in [0.5, 0.6) is 0 Å². The Labute approximate surface area is 39.5 Å². The highest BCUT2D eigenvalue weighted by Crippen LogP contribution is 1.82. The summed E-state index contributed by atoms with van der Waals surface area (Å²) >= 11 is 0. The fraction of sp³-hybridized carbons (Fsp3) is 1.00. The standard InChI is InChI=1S/C4H10N2/c1-6-3-2-5-4-6/h5H,2-4H2,1H3/i4D. The first kappa shape index (κ1) is 2.99. The van der Waals surface area contributed by atoms with Crippen LogP contribution in [0.1, 0.15) is 1.37 Å². The molecule has 6 heavy (non-hydrogen) atoms. The summed E-state index contributed by atoms with van der Waals surface area (Å²) < 4.78 is 7.15. The van der Waals surface area contributed by atoms with Gasteiger partial charge in [0.25, 0.3) is 0 Å². The summed E-state index contributed by atoms with van der Waals surface area (Å²) in [7, 11) is 1.94. The first-order chi connectivity index (χ1) is 3.30. The monoisotopic (exact) mass is 87.1 g/mol. The maximum Gasteiger partial charge on any atom is 0.0600 e. The smallest absolute Gasteiger partial charge is 0.0600 e. The molecular weight excluding hydrogens is 76.1 g/mol. The summed E-state index contributed by atoms with van der Waals surface area (Å²) in [6.45, 7) is 1.82. The molecule has 1 aliphatic heterocycles. The lowest BCUT2D eigenvalue weighted by molar-refractivity contribution is 0.412. The van der Waals surface area contributed by atoms with Crippen molar-refractivity contribution in [1.82, 2.24) is 10.2 Å².